The Bertz CT molecular complexity index is 3360. The van der Waals surface area contributed by atoms with E-state index < -0.39 is 0 Å². The third kappa shape index (κ3) is 8.79. The van der Waals surface area contributed by atoms with E-state index in [1.807, 2.05) is 6.20 Å². The third-order valence-corrected chi connectivity index (χ3v) is 15.1. The summed E-state index contributed by atoms with van der Waals surface area (Å²) in [6.07, 6.45) is 1.95. The van der Waals surface area contributed by atoms with E-state index >= 15 is 0 Å². The van der Waals surface area contributed by atoms with Gasteiger partial charge in [-0.25, -0.2) is 4.98 Å². The Hall–Kier alpha value is -7.11. The molecular weight excluding hydrogens is 865 g/mol. The van der Waals surface area contributed by atoms with Crippen LogP contribution in [0.3, 0.4) is 0 Å². The van der Waals surface area contributed by atoms with Crippen LogP contribution in [0.4, 0.5) is 22.7 Å². The van der Waals surface area contributed by atoms with Crippen LogP contribution in [0.15, 0.2) is 176 Å². The van der Waals surface area contributed by atoms with Gasteiger partial charge in [0.25, 0.3) is 0 Å². The van der Waals surface area contributed by atoms with Crippen molar-refractivity contribution in [3.8, 4) is 17.3 Å². The van der Waals surface area contributed by atoms with Gasteiger partial charge in [-0.2, -0.15) is 0 Å². The average molecular weight is 935 g/mol. The zero-order valence-corrected chi connectivity index (χ0v) is 44.1. The first-order valence-corrected chi connectivity index (χ1v) is 25.4. The second kappa shape index (κ2) is 17.3. The summed E-state index contributed by atoms with van der Waals surface area (Å²) < 4.78 is 9.57. The molecule has 5 heteroatoms. The van der Waals surface area contributed by atoms with Crippen molar-refractivity contribution in [1.29, 1.82) is 0 Å². The number of benzene rings is 7. The maximum absolute atomic E-state index is 7.24. The molecule has 0 fully saturated rings. The lowest BCUT2D eigenvalue weighted by Gasteiger charge is -2.33. The maximum Gasteiger partial charge on any atom is 0.137 e. The van der Waals surface area contributed by atoms with Crippen molar-refractivity contribution in [1.82, 2.24) is 9.55 Å². The number of pyridine rings is 1. The molecule has 3 heterocycles. The number of hydrogen-bond acceptors (Lipinski definition) is 4. The van der Waals surface area contributed by atoms with Gasteiger partial charge in [-0.15, -0.1) is 0 Å². The van der Waals surface area contributed by atoms with Gasteiger partial charge < -0.3 is 14.5 Å². The Balaban J connectivity index is 1.10. The minimum absolute atomic E-state index is 0.0322. The van der Waals surface area contributed by atoms with Crippen LogP contribution in [0.25, 0.3) is 27.6 Å². The quantitative estimate of drug-likeness (QED) is 0.144. The van der Waals surface area contributed by atoms with Crippen LogP contribution >= 0.6 is 0 Å². The molecule has 360 valence electrons. The van der Waals surface area contributed by atoms with Crippen LogP contribution in [0.5, 0.6) is 11.5 Å². The fraction of sp³-hybridized carbons (Fsp3) is 0.288. The summed E-state index contributed by atoms with van der Waals surface area (Å²) in [5.74, 6) is 2.50. The molecule has 71 heavy (non-hydrogen) atoms. The normalized spacial score (nSPS) is 13.6. The van der Waals surface area contributed by atoms with E-state index in [-0.39, 0.29) is 27.1 Å². The molecule has 7 aromatic carbocycles. The van der Waals surface area contributed by atoms with Crippen molar-refractivity contribution in [3.63, 3.8) is 0 Å². The predicted octanol–water partition coefficient (Wildman–Crippen LogP) is 17.8. The van der Waals surface area contributed by atoms with Gasteiger partial charge in [0.05, 0.1) is 22.4 Å². The maximum atomic E-state index is 7.24. The van der Waals surface area contributed by atoms with Gasteiger partial charge in [0.1, 0.15) is 24.0 Å². The highest BCUT2D eigenvalue weighted by molar-refractivity contribution is 6.11. The summed E-state index contributed by atoms with van der Waals surface area (Å²) >= 11 is 0. The Morgan fingerprint density at radius 2 is 0.915 bits per heavy atom. The minimum Gasteiger partial charge on any atom is -0.457 e. The summed E-state index contributed by atoms with van der Waals surface area (Å²) in [4.78, 5) is 9.98. The van der Waals surface area contributed by atoms with Crippen molar-refractivity contribution in [3.05, 3.63) is 215 Å². The molecule has 1 aliphatic heterocycles. The van der Waals surface area contributed by atoms with Crippen LogP contribution < -0.4 is 14.5 Å². The van der Waals surface area contributed by atoms with E-state index in [0.29, 0.717) is 6.67 Å². The molecule has 0 saturated carbocycles. The Morgan fingerprint density at radius 1 is 0.408 bits per heavy atom. The largest absolute Gasteiger partial charge is 0.457 e. The summed E-state index contributed by atoms with van der Waals surface area (Å²) in [7, 11) is 0. The SMILES string of the molecule is CC(C)(C)c1cc(Oc2cc(C(C)(C)C)c3c4ccccc4n(-c4cc(C(C)(C)C)ccn4)c3c2)cc(N2CN(c3cc(C(C)(C)c4ccccc4)cc(C(C)(C)c4ccccc4)c3)c3ccccc32)c1. The second-order valence-electron chi connectivity index (χ2n) is 23.9. The van der Waals surface area contributed by atoms with E-state index in [0.717, 1.165) is 39.7 Å². The summed E-state index contributed by atoms with van der Waals surface area (Å²) in [5.41, 5.74) is 14.8. The van der Waals surface area contributed by atoms with Gasteiger partial charge in [-0.05, 0) is 116 Å². The summed E-state index contributed by atoms with van der Waals surface area (Å²) in [6.45, 7) is 30.6. The molecule has 5 nitrogen and oxygen atoms in total. The highest BCUT2D eigenvalue weighted by Crippen LogP contribution is 2.49. The van der Waals surface area contributed by atoms with E-state index in [2.05, 4.69) is 274 Å². The number of fused-ring (bicyclic) bond motifs is 4. The molecule has 0 bridgehead atoms. The van der Waals surface area contributed by atoms with Crippen molar-refractivity contribution in [2.75, 3.05) is 16.5 Å². The molecule has 0 aliphatic carbocycles. The van der Waals surface area contributed by atoms with Crippen LogP contribution in [0.1, 0.15) is 129 Å². The number of anilines is 4. The number of nitrogens with zero attached hydrogens (tertiary/aromatic N) is 4. The van der Waals surface area contributed by atoms with Gasteiger partial charge >= 0.3 is 0 Å². The van der Waals surface area contributed by atoms with Gasteiger partial charge in [0, 0.05) is 51.3 Å². The summed E-state index contributed by atoms with van der Waals surface area (Å²) in [6, 6.07) is 62.5. The van der Waals surface area contributed by atoms with Gasteiger partial charge in [0.2, 0.25) is 0 Å². The van der Waals surface area contributed by atoms with Crippen LogP contribution in [0, 0.1) is 0 Å². The van der Waals surface area contributed by atoms with E-state index in [1.54, 1.807) is 0 Å². The molecule has 10 rings (SSSR count). The first-order chi connectivity index (χ1) is 33.6. The molecule has 0 spiro atoms. The minimum atomic E-state index is -0.248. The Morgan fingerprint density at radius 3 is 1.48 bits per heavy atom. The number of hydrogen-bond donors (Lipinski definition) is 0. The molecule has 0 amide bonds. The smallest absolute Gasteiger partial charge is 0.137 e. The van der Waals surface area contributed by atoms with Crippen molar-refractivity contribution < 1.29 is 4.74 Å². The fourth-order valence-electron chi connectivity index (χ4n) is 10.5. The highest BCUT2D eigenvalue weighted by Gasteiger charge is 2.34. The highest BCUT2D eigenvalue weighted by atomic mass is 16.5. The number of ether oxygens (including phenoxy) is 1. The molecular formula is C66H70N4O. The zero-order valence-electron chi connectivity index (χ0n) is 44.1. The molecule has 0 unspecified atom stereocenters. The van der Waals surface area contributed by atoms with Crippen LogP contribution in [-0.4, -0.2) is 16.2 Å². The zero-order chi connectivity index (χ0) is 50.3. The van der Waals surface area contributed by atoms with E-state index in [9.17, 15) is 0 Å². The van der Waals surface area contributed by atoms with Crippen molar-refractivity contribution >= 4 is 44.6 Å². The van der Waals surface area contributed by atoms with E-state index in [1.165, 1.54) is 61.1 Å². The molecule has 0 radical (unpaired) electrons. The van der Waals surface area contributed by atoms with Crippen LogP contribution in [-0.2, 0) is 27.1 Å². The molecule has 2 aromatic heterocycles. The predicted molar refractivity (Wildman–Crippen MR) is 300 cm³/mol. The fourth-order valence-corrected chi connectivity index (χ4v) is 10.5. The molecule has 0 saturated heterocycles. The summed E-state index contributed by atoms with van der Waals surface area (Å²) in [5, 5.41) is 2.44. The van der Waals surface area contributed by atoms with Gasteiger partial charge in [0.15, 0.2) is 0 Å². The van der Waals surface area contributed by atoms with Crippen molar-refractivity contribution in [2.45, 2.75) is 117 Å². The standard InChI is InChI=1S/C66H70N4O/c1-62(2,3)46-32-33-67-60(39-46)70-56-29-21-20-28-54(56)61-55(64(7,8)9)41-53(42-59(61)70)71-52-38-47(63(4,5)6)35-51(40-52)69-43-68(57-30-22-23-31-58(57)69)50-36-48(65(10,11)44-24-16-14-17-25-44)34-49(37-50)66(12,13)45-26-18-15-19-27-45/h14-42H,43H2,1-13H3. The lowest BCUT2D eigenvalue weighted by molar-refractivity contribution is 0.476. The molecule has 9 aromatic rings. The van der Waals surface area contributed by atoms with Gasteiger partial charge in [-0.3, -0.25) is 4.57 Å². The Kier molecular flexibility index (Phi) is 11.6. The first kappa shape index (κ1) is 47.6. The van der Waals surface area contributed by atoms with Gasteiger partial charge in [-0.1, -0.05) is 187 Å². The second-order valence-corrected chi connectivity index (χ2v) is 23.9. The molecule has 0 atom stereocenters. The van der Waals surface area contributed by atoms with Crippen molar-refractivity contribution in [2.24, 2.45) is 0 Å². The number of rotatable bonds is 9. The van der Waals surface area contributed by atoms with E-state index in [4.69, 9.17) is 9.72 Å². The first-order valence-electron chi connectivity index (χ1n) is 25.4. The van der Waals surface area contributed by atoms with Crippen LogP contribution in [0.2, 0.25) is 0 Å². The third-order valence-electron chi connectivity index (χ3n) is 15.1. The molecule has 0 N–H and O–H groups in total. The lowest BCUT2D eigenvalue weighted by atomic mass is 9.73. The average Bonchev–Trinajstić information content (AvgIpc) is 3.90. The lowest BCUT2D eigenvalue weighted by Crippen LogP contribution is -2.27. The topological polar surface area (TPSA) is 33.5 Å². The Labute approximate surface area is 422 Å². The number of para-hydroxylation sites is 3. The monoisotopic (exact) mass is 935 g/mol. The molecule has 1 aliphatic rings. The number of aromatic nitrogens is 2.